The first-order valence-electron chi connectivity index (χ1n) is 7.09. The van der Waals surface area contributed by atoms with Crippen LogP contribution in [0.4, 0.5) is 17.2 Å². The molecule has 24 heavy (non-hydrogen) atoms. The van der Waals surface area contributed by atoms with E-state index >= 15 is 0 Å². The van der Waals surface area contributed by atoms with Crippen LogP contribution >= 0.6 is 11.6 Å². The topological polar surface area (TPSA) is 71.1 Å². The molecule has 0 atom stereocenters. The van der Waals surface area contributed by atoms with Gasteiger partial charge in [0.1, 0.15) is 5.82 Å². The molecule has 5 nitrogen and oxygen atoms in total. The first kappa shape index (κ1) is 16.3. The van der Waals surface area contributed by atoms with Gasteiger partial charge < -0.3 is 5.32 Å². The zero-order valence-corrected chi connectivity index (χ0v) is 14.1. The molecule has 3 aromatic rings. The van der Waals surface area contributed by atoms with Gasteiger partial charge in [0.2, 0.25) is 0 Å². The van der Waals surface area contributed by atoms with Crippen LogP contribution in [0.2, 0.25) is 5.02 Å². The van der Waals surface area contributed by atoms with Gasteiger partial charge in [0.15, 0.2) is 0 Å². The highest BCUT2D eigenvalue weighted by molar-refractivity contribution is 7.92. The lowest BCUT2D eigenvalue weighted by atomic mass is 10.3. The second kappa shape index (κ2) is 6.90. The van der Waals surface area contributed by atoms with Gasteiger partial charge in [-0.1, -0.05) is 29.8 Å². The molecule has 0 amide bonds. The van der Waals surface area contributed by atoms with E-state index in [1.165, 1.54) is 12.1 Å². The van der Waals surface area contributed by atoms with Crippen LogP contribution in [0.25, 0.3) is 0 Å². The minimum Gasteiger partial charge on any atom is -0.354 e. The fraction of sp³-hybridized carbons (Fsp3) is 0. The van der Waals surface area contributed by atoms with Crippen LogP contribution in [0.15, 0.2) is 77.8 Å². The zero-order valence-electron chi connectivity index (χ0n) is 12.5. The van der Waals surface area contributed by atoms with Crippen molar-refractivity contribution in [2.24, 2.45) is 0 Å². The van der Waals surface area contributed by atoms with E-state index in [0.717, 1.165) is 11.4 Å². The number of benzene rings is 2. The van der Waals surface area contributed by atoms with Gasteiger partial charge in [-0.15, -0.1) is 0 Å². The summed E-state index contributed by atoms with van der Waals surface area (Å²) in [6, 6.07) is 18.7. The average molecular weight is 360 g/mol. The molecule has 0 saturated carbocycles. The Hall–Kier alpha value is -2.57. The lowest BCUT2D eigenvalue weighted by molar-refractivity contribution is 0.601. The van der Waals surface area contributed by atoms with Crippen LogP contribution in [0.5, 0.6) is 0 Å². The van der Waals surface area contributed by atoms with Crippen molar-refractivity contribution in [2.45, 2.75) is 4.90 Å². The normalized spacial score (nSPS) is 11.0. The Balaban J connectivity index is 1.72. The molecule has 0 aliphatic rings. The molecule has 3 rings (SSSR count). The number of aromatic nitrogens is 1. The van der Waals surface area contributed by atoms with E-state index in [0.29, 0.717) is 5.02 Å². The summed E-state index contributed by atoms with van der Waals surface area (Å²) in [6.07, 6.45) is 1.55. The monoisotopic (exact) mass is 359 g/mol. The SMILES string of the molecule is O=S(=O)(Nc1ccc(Nc2ccc(Cl)cc2)cn1)c1ccccc1. The predicted molar refractivity (Wildman–Crippen MR) is 96.2 cm³/mol. The Morgan fingerprint density at radius 3 is 2.12 bits per heavy atom. The average Bonchev–Trinajstić information content (AvgIpc) is 2.59. The van der Waals surface area contributed by atoms with Crippen LogP contribution < -0.4 is 10.0 Å². The van der Waals surface area contributed by atoms with Crippen molar-refractivity contribution >= 4 is 38.8 Å². The Bertz CT molecular complexity index is 912. The highest BCUT2D eigenvalue weighted by Gasteiger charge is 2.13. The van der Waals surface area contributed by atoms with Gasteiger partial charge >= 0.3 is 0 Å². The number of hydrogen-bond acceptors (Lipinski definition) is 4. The third kappa shape index (κ3) is 4.04. The number of nitrogens with one attached hydrogen (secondary N) is 2. The van der Waals surface area contributed by atoms with Crippen molar-refractivity contribution in [1.29, 1.82) is 0 Å². The van der Waals surface area contributed by atoms with Crippen LogP contribution in [0.3, 0.4) is 0 Å². The van der Waals surface area contributed by atoms with Gasteiger partial charge in [-0.25, -0.2) is 13.4 Å². The third-order valence-corrected chi connectivity index (χ3v) is 4.81. The molecule has 1 aromatic heterocycles. The first-order chi connectivity index (χ1) is 11.5. The molecule has 0 aliphatic heterocycles. The first-order valence-corrected chi connectivity index (χ1v) is 8.95. The minimum atomic E-state index is -3.64. The van der Waals surface area contributed by atoms with Crippen LogP contribution in [-0.4, -0.2) is 13.4 Å². The summed E-state index contributed by atoms with van der Waals surface area (Å²) in [7, 11) is -3.64. The molecule has 0 unspecified atom stereocenters. The lowest BCUT2D eigenvalue weighted by Gasteiger charge is -2.09. The van der Waals surface area contributed by atoms with Gasteiger partial charge in [-0.2, -0.15) is 0 Å². The molecular weight excluding hydrogens is 346 g/mol. The van der Waals surface area contributed by atoms with Gasteiger partial charge in [0, 0.05) is 10.7 Å². The number of hydrogen-bond donors (Lipinski definition) is 2. The molecule has 0 aliphatic carbocycles. The van der Waals surface area contributed by atoms with E-state index in [2.05, 4.69) is 15.0 Å². The molecule has 2 N–H and O–H groups in total. The molecule has 1 heterocycles. The van der Waals surface area contributed by atoms with Crippen molar-refractivity contribution in [2.75, 3.05) is 10.0 Å². The summed E-state index contributed by atoms with van der Waals surface area (Å²) in [5.41, 5.74) is 1.60. The summed E-state index contributed by atoms with van der Waals surface area (Å²) in [4.78, 5) is 4.31. The predicted octanol–water partition coefficient (Wildman–Crippen LogP) is 4.28. The Morgan fingerprint density at radius 2 is 1.50 bits per heavy atom. The van der Waals surface area contributed by atoms with E-state index in [1.54, 1.807) is 48.7 Å². The van der Waals surface area contributed by atoms with Crippen molar-refractivity contribution in [1.82, 2.24) is 4.98 Å². The van der Waals surface area contributed by atoms with Gasteiger partial charge in [0.25, 0.3) is 10.0 Å². The molecule has 0 fully saturated rings. The minimum absolute atomic E-state index is 0.190. The van der Waals surface area contributed by atoms with E-state index in [-0.39, 0.29) is 10.7 Å². The molecule has 0 bridgehead atoms. The molecular formula is C17H14ClN3O2S. The van der Waals surface area contributed by atoms with Crippen LogP contribution in [-0.2, 0) is 10.0 Å². The third-order valence-electron chi connectivity index (χ3n) is 3.19. The van der Waals surface area contributed by atoms with E-state index in [4.69, 9.17) is 11.6 Å². The Labute approximate surface area is 145 Å². The second-order valence-electron chi connectivity index (χ2n) is 4.98. The van der Waals surface area contributed by atoms with Gasteiger partial charge in [0.05, 0.1) is 16.8 Å². The number of sulfonamides is 1. The van der Waals surface area contributed by atoms with Crippen LogP contribution in [0, 0.1) is 0 Å². The number of halogens is 1. The fourth-order valence-corrected chi connectivity index (χ4v) is 3.18. The van der Waals surface area contributed by atoms with E-state index in [1.807, 2.05) is 12.1 Å². The van der Waals surface area contributed by atoms with E-state index in [9.17, 15) is 8.42 Å². The van der Waals surface area contributed by atoms with Crippen molar-refractivity contribution in [3.8, 4) is 0 Å². The number of rotatable bonds is 5. The summed E-state index contributed by atoms with van der Waals surface area (Å²) < 4.78 is 26.9. The second-order valence-corrected chi connectivity index (χ2v) is 7.10. The van der Waals surface area contributed by atoms with Crippen LogP contribution in [0.1, 0.15) is 0 Å². The quantitative estimate of drug-likeness (QED) is 0.713. The molecule has 0 spiro atoms. The maximum absolute atomic E-state index is 12.2. The lowest BCUT2D eigenvalue weighted by Crippen LogP contribution is -2.13. The van der Waals surface area contributed by atoms with Crippen molar-refractivity contribution in [3.63, 3.8) is 0 Å². The standard InChI is InChI=1S/C17H14ClN3O2S/c18-13-6-8-14(9-7-13)20-15-10-11-17(19-12-15)21-24(22,23)16-4-2-1-3-5-16/h1-12,20H,(H,19,21). The maximum Gasteiger partial charge on any atom is 0.263 e. The summed E-state index contributed by atoms with van der Waals surface area (Å²) >= 11 is 5.84. The summed E-state index contributed by atoms with van der Waals surface area (Å²) in [5, 5.41) is 3.81. The molecule has 122 valence electrons. The van der Waals surface area contributed by atoms with Gasteiger partial charge in [-0.05, 0) is 48.5 Å². The van der Waals surface area contributed by atoms with Crippen molar-refractivity contribution < 1.29 is 8.42 Å². The Morgan fingerprint density at radius 1 is 0.833 bits per heavy atom. The fourth-order valence-electron chi connectivity index (χ4n) is 2.02. The maximum atomic E-state index is 12.2. The van der Waals surface area contributed by atoms with E-state index < -0.39 is 10.0 Å². The highest BCUT2D eigenvalue weighted by Crippen LogP contribution is 2.20. The number of nitrogens with zero attached hydrogens (tertiary/aromatic N) is 1. The number of pyridine rings is 1. The largest absolute Gasteiger partial charge is 0.354 e. The molecule has 7 heteroatoms. The van der Waals surface area contributed by atoms with Gasteiger partial charge in [-0.3, -0.25) is 4.72 Å². The summed E-state index contributed by atoms with van der Waals surface area (Å²) in [5.74, 6) is 0.250. The molecule has 2 aromatic carbocycles. The summed E-state index contributed by atoms with van der Waals surface area (Å²) in [6.45, 7) is 0. The zero-order chi connectivity index (χ0) is 17.0. The van der Waals surface area contributed by atoms with Crippen molar-refractivity contribution in [3.05, 3.63) is 77.9 Å². The Kier molecular flexibility index (Phi) is 4.69. The molecule has 0 saturated heterocycles. The molecule has 0 radical (unpaired) electrons. The highest BCUT2D eigenvalue weighted by atomic mass is 35.5. The smallest absolute Gasteiger partial charge is 0.263 e. The number of anilines is 3.